The number of hydrogen-bond acceptors (Lipinski definition) is 4. The van der Waals surface area contributed by atoms with Gasteiger partial charge in [0.05, 0.1) is 31.9 Å². The molecular formula is C21H24N2O3. The van der Waals surface area contributed by atoms with Crippen molar-refractivity contribution in [1.29, 1.82) is 5.26 Å². The zero-order valence-corrected chi connectivity index (χ0v) is 15.9. The van der Waals surface area contributed by atoms with Crippen LogP contribution in [0.25, 0.3) is 0 Å². The van der Waals surface area contributed by atoms with Gasteiger partial charge in [0, 0.05) is 17.7 Å². The molecule has 1 unspecified atom stereocenters. The Kier molecular flexibility index (Phi) is 6.24. The van der Waals surface area contributed by atoms with Gasteiger partial charge in [-0.3, -0.25) is 4.79 Å². The van der Waals surface area contributed by atoms with Crippen LogP contribution >= 0.6 is 0 Å². The van der Waals surface area contributed by atoms with Crippen molar-refractivity contribution in [1.82, 2.24) is 4.90 Å². The molecule has 0 aliphatic heterocycles. The molecule has 0 aliphatic carbocycles. The molecule has 0 saturated heterocycles. The summed E-state index contributed by atoms with van der Waals surface area (Å²) in [6.45, 7) is 6.37. The summed E-state index contributed by atoms with van der Waals surface area (Å²) < 4.78 is 10.8. The molecule has 0 saturated carbocycles. The molecule has 0 N–H and O–H groups in total. The van der Waals surface area contributed by atoms with Crippen LogP contribution in [0.5, 0.6) is 11.5 Å². The Morgan fingerprint density at radius 3 is 2.12 bits per heavy atom. The van der Waals surface area contributed by atoms with Crippen LogP contribution in [0, 0.1) is 18.3 Å². The predicted octanol–water partition coefficient (Wildman–Crippen LogP) is 4.11. The Morgan fingerprint density at radius 2 is 1.69 bits per heavy atom. The van der Waals surface area contributed by atoms with Gasteiger partial charge in [0.2, 0.25) is 0 Å². The molecule has 1 atom stereocenters. The van der Waals surface area contributed by atoms with Crippen molar-refractivity contribution in [3.8, 4) is 17.6 Å². The molecule has 5 heteroatoms. The highest BCUT2D eigenvalue weighted by Gasteiger charge is 2.23. The van der Waals surface area contributed by atoms with Gasteiger partial charge in [0.15, 0.2) is 0 Å². The van der Waals surface area contributed by atoms with Gasteiger partial charge in [0.25, 0.3) is 5.91 Å². The summed E-state index contributed by atoms with van der Waals surface area (Å²) in [7, 11) is 3.15. The first kappa shape index (κ1) is 19.3. The first-order valence-electron chi connectivity index (χ1n) is 8.50. The normalized spacial score (nSPS) is 11.4. The summed E-state index contributed by atoms with van der Waals surface area (Å²) in [6, 6.07) is 12.8. The first-order valence-corrected chi connectivity index (χ1v) is 8.50. The Bertz CT molecular complexity index is 797. The maximum absolute atomic E-state index is 13.1. The molecule has 26 heavy (non-hydrogen) atoms. The van der Waals surface area contributed by atoms with Crippen molar-refractivity contribution in [3.05, 3.63) is 58.7 Å². The maximum Gasteiger partial charge on any atom is 0.254 e. The number of nitriles is 1. The molecule has 5 nitrogen and oxygen atoms in total. The van der Waals surface area contributed by atoms with Crippen molar-refractivity contribution in [2.45, 2.75) is 26.8 Å². The van der Waals surface area contributed by atoms with Crippen molar-refractivity contribution < 1.29 is 14.3 Å². The van der Waals surface area contributed by atoms with E-state index in [0.717, 1.165) is 11.1 Å². The van der Waals surface area contributed by atoms with Crippen molar-refractivity contribution in [2.24, 2.45) is 0 Å². The third kappa shape index (κ3) is 3.80. The van der Waals surface area contributed by atoms with Crippen LogP contribution in [0.4, 0.5) is 0 Å². The van der Waals surface area contributed by atoms with Gasteiger partial charge in [0.1, 0.15) is 11.5 Å². The first-order chi connectivity index (χ1) is 12.5. The Balaban J connectivity index is 2.37. The number of rotatable bonds is 6. The number of methoxy groups -OCH3 is 2. The fourth-order valence-electron chi connectivity index (χ4n) is 2.98. The molecule has 1 amide bonds. The maximum atomic E-state index is 13.1. The average Bonchev–Trinajstić information content (AvgIpc) is 2.68. The van der Waals surface area contributed by atoms with Crippen LogP contribution in [0.15, 0.2) is 36.4 Å². The fourth-order valence-corrected chi connectivity index (χ4v) is 2.98. The quantitative estimate of drug-likeness (QED) is 0.785. The topological polar surface area (TPSA) is 62.6 Å². The molecule has 0 aliphatic rings. The van der Waals surface area contributed by atoms with Gasteiger partial charge in [-0.1, -0.05) is 12.1 Å². The Morgan fingerprint density at radius 1 is 1.15 bits per heavy atom. The van der Waals surface area contributed by atoms with Gasteiger partial charge >= 0.3 is 0 Å². The highest BCUT2D eigenvalue weighted by atomic mass is 16.5. The lowest BCUT2D eigenvalue weighted by atomic mass is 10.0. The number of ether oxygens (including phenoxy) is 2. The monoisotopic (exact) mass is 352 g/mol. The van der Waals surface area contributed by atoms with Crippen LogP contribution in [0.1, 0.15) is 46.9 Å². The summed E-state index contributed by atoms with van der Waals surface area (Å²) in [5.74, 6) is 1.14. The van der Waals surface area contributed by atoms with Crippen LogP contribution in [-0.4, -0.2) is 31.6 Å². The molecule has 0 spiro atoms. The van der Waals surface area contributed by atoms with Crippen LogP contribution in [-0.2, 0) is 0 Å². The lowest BCUT2D eigenvalue weighted by Crippen LogP contribution is -2.33. The van der Waals surface area contributed by atoms with Gasteiger partial charge in [-0.15, -0.1) is 0 Å². The van der Waals surface area contributed by atoms with E-state index in [1.165, 1.54) is 0 Å². The number of hydrogen-bond donors (Lipinski definition) is 0. The number of carbonyl (C=O) groups is 1. The van der Waals surface area contributed by atoms with Crippen molar-refractivity contribution in [3.63, 3.8) is 0 Å². The third-order valence-corrected chi connectivity index (χ3v) is 4.59. The molecule has 0 fully saturated rings. The zero-order chi connectivity index (χ0) is 19.3. The molecule has 0 aromatic heterocycles. The van der Waals surface area contributed by atoms with Gasteiger partial charge in [-0.2, -0.15) is 5.26 Å². The van der Waals surface area contributed by atoms with Crippen molar-refractivity contribution >= 4 is 5.91 Å². The molecule has 0 radical (unpaired) electrons. The lowest BCUT2D eigenvalue weighted by molar-refractivity contribution is 0.0701. The highest BCUT2D eigenvalue weighted by molar-refractivity contribution is 5.95. The summed E-state index contributed by atoms with van der Waals surface area (Å²) >= 11 is 0. The molecule has 2 aromatic rings. The van der Waals surface area contributed by atoms with Gasteiger partial charge < -0.3 is 14.4 Å². The van der Waals surface area contributed by atoms with Gasteiger partial charge in [-0.05, 0) is 50.6 Å². The van der Waals surface area contributed by atoms with Crippen LogP contribution in [0.2, 0.25) is 0 Å². The molecule has 0 bridgehead atoms. The second kappa shape index (κ2) is 8.39. The van der Waals surface area contributed by atoms with E-state index in [2.05, 4.69) is 6.07 Å². The highest BCUT2D eigenvalue weighted by Crippen LogP contribution is 2.31. The summed E-state index contributed by atoms with van der Waals surface area (Å²) in [6.07, 6.45) is 0. The fraction of sp³-hybridized carbons (Fsp3) is 0.333. The van der Waals surface area contributed by atoms with E-state index in [-0.39, 0.29) is 11.9 Å². The van der Waals surface area contributed by atoms with E-state index in [4.69, 9.17) is 14.7 Å². The average molecular weight is 352 g/mol. The Hall–Kier alpha value is -3.00. The summed E-state index contributed by atoms with van der Waals surface area (Å²) in [5, 5.41) is 8.94. The molecule has 2 rings (SSSR count). The minimum Gasteiger partial charge on any atom is -0.496 e. The number of benzene rings is 2. The van der Waals surface area contributed by atoms with Crippen LogP contribution < -0.4 is 9.47 Å². The molecule has 2 aromatic carbocycles. The number of nitrogens with zero attached hydrogens (tertiary/aromatic N) is 2. The van der Waals surface area contributed by atoms with E-state index in [1.54, 1.807) is 43.4 Å². The van der Waals surface area contributed by atoms with Crippen LogP contribution in [0.3, 0.4) is 0 Å². The van der Waals surface area contributed by atoms with E-state index in [0.29, 0.717) is 29.2 Å². The van der Waals surface area contributed by atoms with Crippen molar-refractivity contribution in [2.75, 3.05) is 20.8 Å². The second-order valence-corrected chi connectivity index (χ2v) is 6.01. The lowest BCUT2D eigenvalue weighted by Gasteiger charge is -2.29. The summed E-state index contributed by atoms with van der Waals surface area (Å²) in [4.78, 5) is 14.9. The number of carbonyl (C=O) groups excluding carboxylic acids is 1. The van der Waals surface area contributed by atoms with E-state index in [1.807, 2.05) is 32.9 Å². The Labute approximate surface area is 154 Å². The zero-order valence-electron chi connectivity index (χ0n) is 15.9. The minimum absolute atomic E-state index is 0.0963. The van der Waals surface area contributed by atoms with E-state index in [9.17, 15) is 4.79 Å². The van der Waals surface area contributed by atoms with E-state index >= 15 is 0 Å². The smallest absolute Gasteiger partial charge is 0.254 e. The minimum atomic E-state index is -0.126. The molecular weight excluding hydrogens is 328 g/mol. The second-order valence-electron chi connectivity index (χ2n) is 6.01. The number of amides is 1. The molecule has 136 valence electrons. The van der Waals surface area contributed by atoms with E-state index < -0.39 is 0 Å². The van der Waals surface area contributed by atoms with Gasteiger partial charge in [-0.25, -0.2) is 0 Å². The predicted molar refractivity (Wildman–Crippen MR) is 101 cm³/mol. The summed E-state index contributed by atoms with van der Waals surface area (Å²) in [5.41, 5.74) is 2.95. The largest absolute Gasteiger partial charge is 0.496 e. The standard InChI is InChI=1S/C21H24N2O3/c1-6-23(15(3)17-9-7-16(13-22)8-10-17)21(24)18-11-19(25-4)14(2)20(12-18)26-5/h7-12,15H,6H2,1-5H3. The molecule has 0 heterocycles. The SMILES string of the molecule is CCN(C(=O)c1cc(OC)c(C)c(OC)c1)C(C)c1ccc(C#N)cc1. The third-order valence-electron chi connectivity index (χ3n) is 4.59.